The molecular weight excluding hydrogens is 691 g/mol. The van der Waals surface area contributed by atoms with Gasteiger partial charge in [-0.1, -0.05) is 178 Å². The molecule has 0 radical (unpaired) electrons. The van der Waals surface area contributed by atoms with E-state index in [4.69, 9.17) is 4.42 Å². The Bertz CT molecular complexity index is 3140. The lowest BCUT2D eigenvalue weighted by atomic mass is 9.82. The van der Waals surface area contributed by atoms with Crippen LogP contribution in [-0.4, -0.2) is 0 Å². The van der Waals surface area contributed by atoms with Gasteiger partial charge >= 0.3 is 0 Å². The maximum absolute atomic E-state index is 6.88. The SMILES string of the molecule is CC1(C)c2ccccc2-c2ccc(N(c3ccccc3-c3ccc(-c4ccccc4)cc3)c3cccc4oc5cc(-c6ccccc6)c6ccccc6c5c34)cc21. The first-order valence-electron chi connectivity index (χ1n) is 19.8. The second-order valence-corrected chi connectivity index (χ2v) is 15.7. The van der Waals surface area contributed by atoms with E-state index in [0.29, 0.717) is 0 Å². The Labute approximate surface area is 332 Å². The van der Waals surface area contributed by atoms with Gasteiger partial charge in [0.25, 0.3) is 0 Å². The molecule has 0 aliphatic heterocycles. The van der Waals surface area contributed by atoms with Crippen LogP contribution in [0.25, 0.3) is 77.2 Å². The highest BCUT2D eigenvalue weighted by molar-refractivity contribution is 6.25. The zero-order valence-corrected chi connectivity index (χ0v) is 31.9. The van der Waals surface area contributed by atoms with Gasteiger partial charge in [-0.25, -0.2) is 0 Å². The number of para-hydroxylation sites is 1. The number of benzene rings is 9. The van der Waals surface area contributed by atoms with E-state index in [9.17, 15) is 0 Å². The summed E-state index contributed by atoms with van der Waals surface area (Å²) < 4.78 is 6.88. The van der Waals surface area contributed by atoms with E-state index in [0.717, 1.165) is 50.1 Å². The van der Waals surface area contributed by atoms with Crippen LogP contribution in [0.4, 0.5) is 17.1 Å². The lowest BCUT2D eigenvalue weighted by molar-refractivity contribution is 0.660. The molecule has 2 nitrogen and oxygen atoms in total. The maximum Gasteiger partial charge on any atom is 0.137 e. The molecule has 0 amide bonds. The minimum atomic E-state index is -0.154. The summed E-state index contributed by atoms with van der Waals surface area (Å²) in [7, 11) is 0. The van der Waals surface area contributed by atoms with Gasteiger partial charge in [-0.2, -0.15) is 0 Å². The van der Waals surface area contributed by atoms with Gasteiger partial charge in [0.1, 0.15) is 11.2 Å². The van der Waals surface area contributed by atoms with E-state index in [1.54, 1.807) is 0 Å². The van der Waals surface area contributed by atoms with Gasteiger partial charge in [0, 0.05) is 22.1 Å². The van der Waals surface area contributed by atoms with E-state index in [2.05, 4.69) is 219 Å². The molecule has 2 heteroatoms. The Hall–Kier alpha value is -7.16. The number of furan rings is 1. The third-order valence-electron chi connectivity index (χ3n) is 12.1. The monoisotopic (exact) mass is 729 g/mol. The largest absolute Gasteiger partial charge is 0.456 e. The molecule has 0 bridgehead atoms. The first kappa shape index (κ1) is 33.2. The van der Waals surface area contributed by atoms with Crippen molar-refractivity contribution in [3.8, 4) is 44.5 Å². The third kappa shape index (κ3) is 5.25. The molecule has 0 saturated carbocycles. The van der Waals surface area contributed by atoms with Crippen molar-refractivity contribution in [2.45, 2.75) is 19.3 Å². The van der Waals surface area contributed by atoms with E-state index in [-0.39, 0.29) is 5.41 Å². The molecule has 1 aliphatic carbocycles. The Morgan fingerprint density at radius 1 is 0.368 bits per heavy atom. The summed E-state index contributed by atoms with van der Waals surface area (Å²) in [6, 6.07) is 72.5. The van der Waals surface area contributed by atoms with E-state index < -0.39 is 0 Å². The van der Waals surface area contributed by atoms with Gasteiger partial charge in [-0.15, -0.1) is 0 Å². The molecule has 0 fully saturated rings. The van der Waals surface area contributed by atoms with Crippen molar-refractivity contribution in [1.29, 1.82) is 0 Å². The predicted molar refractivity (Wildman–Crippen MR) is 240 cm³/mol. The fourth-order valence-electron chi connectivity index (χ4n) is 9.33. The molecule has 0 unspecified atom stereocenters. The maximum atomic E-state index is 6.88. The summed E-state index contributed by atoms with van der Waals surface area (Å²) in [4.78, 5) is 2.47. The number of nitrogens with zero attached hydrogens (tertiary/aromatic N) is 1. The second kappa shape index (κ2) is 13.0. The second-order valence-electron chi connectivity index (χ2n) is 15.7. The van der Waals surface area contributed by atoms with Gasteiger partial charge in [0.15, 0.2) is 0 Å². The summed E-state index contributed by atoms with van der Waals surface area (Å²) in [5.74, 6) is 0. The molecule has 1 aromatic heterocycles. The van der Waals surface area contributed by atoms with Crippen molar-refractivity contribution < 1.29 is 4.42 Å². The van der Waals surface area contributed by atoms with Gasteiger partial charge in [-0.3, -0.25) is 0 Å². The van der Waals surface area contributed by atoms with Crippen molar-refractivity contribution in [2.24, 2.45) is 0 Å². The van der Waals surface area contributed by atoms with Gasteiger partial charge in [0.05, 0.1) is 16.8 Å². The summed E-state index contributed by atoms with van der Waals surface area (Å²) in [5, 5.41) is 4.60. The van der Waals surface area contributed by atoms with Gasteiger partial charge < -0.3 is 9.32 Å². The van der Waals surface area contributed by atoms with E-state index in [1.807, 2.05) is 0 Å². The number of anilines is 3. The highest BCUT2D eigenvalue weighted by Gasteiger charge is 2.36. The lowest BCUT2D eigenvalue weighted by Gasteiger charge is -2.30. The summed E-state index contributed by atoms with van der Waals surface area (Å²) in [6.45, 7) is 4.71. The van der Waals surface area contributed by atoms with Crippen LogP contribution in [0.2, 0.25) is 0 Å². The molecule has 270 valence electrons. The van der Waals surface area contributed by atoms with Crippen molar-refractivity contribution in [3.63, 3.8) is 0 Å². The smallest absolute Gasteiger partial charge is 0.137 e. The normalized spacial score (nSPS) is 12.9. The van der Waals surface area contributed by atoms with Crippen LogP contribution in [0.5, 0.6) is 0 Å². The number of fused-ring (bicyclic) bond motifs is 8. The molecule has 0 spiro atoms. The molecule has 0 atom stereocenters. The third-order valence-corrected chi connectivity index (χ3v) is 12.1. The van der Waals surface area contributed by atoms with Crippen LogP contribution in [0.1, 0.15) is 25.0 Å². The number of hydrogen-bond donors (Lipinski definition) is 0. The van der Waals surface area contributed by atoms with Crippen molar-refractivity contribution in [3.05, 3.63) is 211 Å². The fraction of sp³-hybridized carbons (Fsp3) is 0.0545. The first-order chi connectivity index (χ1) is 28.0. The Morgan fingerprint density at radius 2 is 0.947 bits per heavy atom. The van der Waals surface area contributed by atoms with Crippen molar-refractivity contribution >= 4 is 49.8 Å². The average Bonchev–Trinajstić information content (AvgIpc) is 3.77. The molecule has 1 aliphatic rings. The quantitative estimate of drug-likeness (QED) is 0.169. The summed E-state index contributed by atoms with van der Waals surface area (Å²) >= 11 is 0. The van der Waals surface area contributed by atoms with E-state index in [1.165, 1.54) is 55.3 Å². The molecule has 10 aromatic rings. The molecule has 0 saturated heterocycles. The first-order valence-corrected chi connectivity index (χ1v) is 19.8. The standard InChI is InChI=1S/C55H39NO/c1-55(2)47-24-13-11-22-43(47)44-33-32-40(34-48(44)55)56(49-25-14-12-20-41(49)39-30-28-37(29-31-39)36-16-5-3-6-17-36)50-26-15-27-51-54(50)53-45-23-10-9-21-42(45)46(35-52(53)57-51)38-18-7-4-8-19-38/h3-35H,1-2H3. The minimum absolute atomic E-state index is 0.154. The zero-order valence-electron chi connectivity index (χ0n) is 31.9. The van der Waals surface area contributed by atoms with Crippen molar-refractivity contribution in [1.82, 2.24) is 0 Å². The molecule has 57 heavy (non-hydrogen) atoms. The molecule has 1 heterocycles. The molecular formula is C55H39NO. The number of rotatable bonds is 6. The van der Waals surface area contributed by atoms with Gasteiger partial charge in [-0.05, 0) is 97.2 Å². The Morgan fingerprint density at radius 3 is 1.74 bits per heavy atom. The van der Waals surface area contributed by atoms with Crippen molar-refractivity contribution in [2.75, 3.05) is 4.90 Å². The lowest BCUT2D eigenvalue weighted by Crippen LogP contribution is -2.17. The van der Waals surface area contributed by atoms with Crippen LogP contribution in [0, 0.1) is 0 Å². The highest BCUT2D eigenvalue weighted by Crippen LogP contribution is 2.53. The Kier molecular flexibility index (Phi) is 7.55. The molecule has 0 N–H and O–H groups in total. The molecule has 11 rings (SSSR count). The summed E-state index contributed by atoms with van der Waals surface area (Å²) in [6.07, 6.45) is 0. The average molecular weight is 730 g/mol. The van der Waals surface area contributed by atoms with Crippen LogP contribution in [0.3, 0.4) is 0 Å². The minimum Gasteiger partial charge on any atom is -0.456 e. The van der Waals surface area contributed by atoms with Crippen LogP contribution < -0.4 is 4.90 Å². The van der Waals surface area contributed by atoms with Gasteiger partial charge in [0.2, 0.25) is 0 Å². The van der Waals surface area contributed by atoms with Crippen LogP contribution >= 0.6 is 0 Å². The predicted octanol–water partition coefficient (Wildman–Crippen LogP) is 15.5. The van der Waals surface area contributed by atoms with Crippen LogP contribution in [-0.2, 0) is 5.41 Å². The summed E-state index contributed by atoms with van der Waals surface area (Å²) in [5.41, 5.74) is 17.3. The van der Waals surface area contributed by atoms with E-state index >= 15 is 0 Å². The zero-order chi connectivity index (χ0) is 38.1. The Balaban J connectivity index is 1.18. The molecule has 9 aromatic carbocycles. The number of hydrogen-bond acceptors (Lipinski definition) is 2. The fourth-order valence-corrected chi connectivity index (χ4v) is 9.33. The topological polar surface area (TPSA) is 16.4 Å². The van der Waals surface area contributed by atoms with Crippen LogP contribution in [0.15, 0.2) is 205 Å². The highest BCUT2D eigenvalue weighted by atomic mass is 16.3.